The number of anilines is 1. The predicted octanol–water partition coefficient (Wildman–Crippen LogP) is 4.92. The van der Waals surface area contributed by atoms with E-state index in [9.17, 15) is 9.59 Å². The van der Waals surface area contributed by atoms with Gasteiger partial charge in [-0.25, -0.2) is 0 Å². The number of nitrogens with one attached hydrogen (secondary N) is 2. The van der Waals surface area contributed by atoms with Crippen LogP contribution in [0.5, 0.6) is 0 Å². The number of primary amides is 1. The van der Waals surface area contributed by atoms with Crippen LogP contribution < -0.4 is 16.4 Å². The van der Waals surface area contributed by atoms with Gasteiger partial charge in [0.15, 0.2) is 0 Å². The maximum atomic E-state index is 12.7. The zero-order valence-electron chi connectivity index (χ0n) is 19.3. The van der Waals surface area contributed by atoms with E-state index in [1.54, 1.807) is 0 Å². The number of aryl methyl sites for hydroxylation is 1. The minimum absolute atomic E-state index is 0. The van der Waals surface area contributed by atoms with Crippen LogP contribution in [0.4, 0.5) is 5.69 Å². The van der Waals surface area contributed by atoms with Gasteiger partial charge in [0.1, 0.15) is 0 Å². The molecule has 7 heteroatoms. The quantitative estimate of drug-likeness (QED) is 0.345. The van der Waals surface area contributed by atoms with Gasteiger partial charge >= 0.3 is 0 Å². The van der Waals surface area contributed by atoms with Crippen LogP contribution >= 0.6 is 0 Å². The van der Waals surface area contributed by atoms with Crippen molar-refractivity contribution in [2.24, 2.45) is 5.73 Å². The number of carbonyl (C=O) groups is 2. The van der Waals surface area contributed by atoms with Crippen LogP contribution in [0.3, 0.4) is 0 Å². The Morgan fingerprint density at radius 2 is 1.91 bits per heavy atom. The van der Waals surface area contributed by atoms with Gasteiger partial charge in [-0.1, -0.05) is 37.1 Å². The molecule has 6 nitrogen and oxygen atoms in total. The number of nitrogens with zero attached hydrogens (tertiary/aromatic N) is 1. The smallest absolute Gasteiger partial charge is 0.251 e. The third-order valence-corrected chi connectivity index (χ3v) is 5.66. The van der Waals surface area contributed by atoms with E-state index in [1.165, 1.54) is 11.1 Å². The Kier molecular flexibility index (Phi) is 11.6. The van der Waals surface area contributed by atoms with Crippen LogP contribution in [0, 0.1) is 0 Å². The van der Waals surface area contributed by atoms with E-state index in [2.05, 4.69) is 34.1 Å². The molecule has 0 aliphatic heterocycles. The first-order valence-electron chi connectivity index (χ1n) is 11.5. The first-order valence-corrected chi connectivity index (χ1v) is 11.5. The van der Waals surface area contributed by atoms with Crippen molar-refractivity contribution in [3.8, 4) is 0 Å². The van der Waals surface area contributed by atoms with E-state index >= 15 is 0 Å². The summed E-state index contributed by atoms with van der Waals surface area (Å²) in [5, 5.41) is 10.8. The number of carbonyl (C=O) groups excluding carboxylic acids is 2. The molecular formula is C26H33N4O2Y-. The Morgan fingerprint density at radius 1 is 1.12 bits per heavy atom. The Labute approximate surface area is 222 Å². The molecule has 1 aliphatic carbocycles. The monoisotopic (exact) mass is 522 g/mol. The van der Waals surface area contributed by atoms with Crippen LogP contribution in [0.25, 0.3) is 11.4 Å². The summed E-state index contributed by atoms with van der Waals surface area (Å²) >= 11 is 0. The van der Waals surface area contributed by atoms with Gasteiger partial charge in [-0.15, -0.1) is 6.54 Å². The standard InChI is InChI=1S/C26H33N4O2.Y/c1-2-29-22-11-8-20(9-12-22)26(32)30-24-14-10-21-18-19(7-13-23(21)24)15-17-28-16-5-3-4-6-25(27)31;/h7-9,11-13,15,17-18,24H,2-6,10,14,16H2,1H3,(H2,27,31)(H2,29,30,32);/q-1;/b17-15+;. The third-order valence-electron chi connectivity index (χ3n) is 5.66. The number of fused-ring (bicyclic) bond motifs is 1. The molecule has 2 aromatic rings. The first-order chi connectivity index (χ1) is 15.6. The van der Waals surface area contributed by atoms with Crippen molar-refractivity contribution in [2.75, 3.05) is 18.4 Å². The summed E-state index contributed by atoms with van der Waals surface area (Å²) in [7, 11) is 0. The van der Waals surface area contributed by atoms with Gasteiger partial charge in [0, 0.05) is 56.9 Å². The van der Waals surface area contributed by atoms with Gasteiger partial charge in [-0.3, -0.25) is 9.59 Å². The molecule has 3 rings (SSSR count). The molecule has 4 N–H and O–H groups in total. The minimum Gasteiger partial charge on any atom is -0.691 e. The molecule has 0 fully saturated rings. The summed E-state index contributed by atoms with van der Waals surface area (Å²) in [5.41, 5.74) is 10.4. The molecule has 173 valence electrons. The van der Waals surface area contributed by atoms with Gasteiger partial charge < -0.3 is 21.7 Å². The van der Waals surface area contributed by atoms with Crippen LogP contribution in [-0.4, -0.2) is 24.9 Å². The molecule has 0 aromatic heterocycles. The second kappa shape index (κ2) is 14.2. The summed E-state index contributed by atoms with van der Waals surface area (Å²) in [6.45, 7) is 3.66. The molecule has 2 aromatic carbocycles. The fraction of sp³-hybridized carbons (Fsp3) is 0.385. The summed E-state index contributed by atoms with van der Waals surface area (Å²) in [4.78, 5) is 23.4. The molecule has 0 spiro atoms. The Balaban J connectivity index is 0.00000385. The molecule has 0 heterocycles. The summed E-state index contributed by atoms with van der Waals surface area (Å²) in [6.07, 6.45) is 8.95. The van der Waals surface area contributed by atoms with Crippen LogP contribution in [0.2, 0.25) is 0 Å². The fourth-order valence-electron chi connectivity index (χ4n) is 3.97. The average molecular weight is 522 g/mol. The van der Waals surface area contributed by atoms with E-state index < -0.39 is 0 Å². The van der Waals surface area contributed by atoms with Crippen molar-refractivity contribution >= 4 is 23.6 Å². The number of amides is 2. The van der Waals surface area contributed by atoms with Gasteiger partial charge in [-0.2, -0.15) is 6.20 Å². The molecule has 1 unspecified atom stereocenters. The zero-order chi connectivity index (χ0) is 22.8. The van der Waals surface area contributed by atoms with Crippen LogP contribution in [0.15, 0.2) is 48.7 Å². The Hall–Kier alpha value is -2.18. The first kappa shape index (κ1) is 27.1. The predicted molar refractivity (Wildman–Crippen MR) is 130 cm³/mol. The third kappa shape index (κ3) is 8.60. The number of unbranched alkanes of at least 4 members (excludes halogenated alkanes) is 2. The molecular weight excluding hydrogens is 489 g/mol. The van der Waals surface area contributed by atoms with E-state index in [4.69, 9.17) is 5.73 Å². The summed E-state index contributed by atoms with van der Waals surface area (Å²) < 4.78 is 0. The van der Waals surface area contributed by atoms with Crippen molar-refractivity contribution in [1.82, 2.24) is 5.32 Å². The van der Waals surface area contributed by atoms with Gasteiger partial charge in [-0.05, 0) is 67.1 Å². The average Bonchev–Trinajstić information content (AvgIpc) is 3.18. The second-order valence-electron chi connectivity index (χ2n) is 8.13. The minimum atomic E-state index is -0.237. The normalized spacial score (nSPS) is 14.4. The number of hydrogen-bond donors (Lipinski definition) is 3. The molecule has 33 heavy (non-hydrogen) atoms. The molecule has 0 saturated carbocycles. The SMILES string of the molecule is CCNc1ccc(C(=O)NC2CCc3cc(/C=C/[N-]CCCCCC(N)=O)ccc32)cc1.[Y]. The van der Waals surface area contributed by atoms with Gasteiger partial charge in [0.2, 0.25) is 5.91 Å². The van der Waals surface area contributed by atoms with E-state index in [-0.39, 0.29) is 50.6 Å². The fourth-order valence-corrected chi connectivity index (χ4v) is 3.97. The number of benzene rings is 2. The van der Waals surface area contributed by atoms with E-state index in [1.807, 2.05) is 43.5 Å². The Morgan fingerprint density at radius 3 is 2.64 bits per heavy atom. The maximum absolute atomic E-state index is 12.7. The summed E-state index contributed by atoms with van der Waals surface area (Å²) in [5.74, 6) is -0.275. The molecule has 2 amide bonds. The van der Waals surface area contributed by atoms with E-state index in [0.717, 1.165) is 56.4 Å². The van der Waals surface area contributed by atoms with Crippen molar-refractivity contribution in [3.05, 3.63) is 76.2 Å². The van der Waals surface area contributed by atoms with Crippen LogP contribution in [-0.2, 0) is 43.9 Å². The van der Waals surface area contributed by atoms with Crippen molar-refractivity contribution in [2.45, 2.75) is 51.5 Å². The maximum Gasteiger partial charge on any atom is 0.251 e. The number of nitrogens with two attached hydrogens (primary N) is 1. The van der Waals surface area contributed by atoms with Crippen molar-refractivity contribution in [1.29, 1.82) is 0 Å². The second-order valence-corrected chi connectivity index (χ2v) is 8.13. The largest absolute Gasteiger partial charge is 0.691 e. The molecule has 1 radical (unpaired) electrons. The molecule has 1 aliphatic rings. The van der Waals surface area contributed by atoms with Crippen molar-refractivity contribution in [3.63, 3.8) is 0 Å². The van der Waals surface area contributed by atoms with Gasteiger partial charge in [0.05, 0.1) is 6.04 Å². The topological polar surface area (TPSA) is 98.3 Å². The number of hydrogen-bond acceptors (Lipinski definition) is 3. The zero-order valence-corrected chi connectivity index (χ0v) is 22.2. The molecule has 0 saturated heterocycles. The van der Waals surface area contributed by atoms with Gasteiger partial charge in [0.25, 0.3) is 5.91 Å². The van der Waals surface area contributed by atoms with Crippen molar-refractivity contribution < 1.29 is 42.3 Å². The molecule has 1 atom stereocenters. The molecule has 0 bridgehead atoms. The summed E-state index contributed by atoms with van der Waals surface area (Å²) in [6, 6.07) is 14.0. The van der Waals surface area contributed by atoms with Crippen LogP contribution in [0.1, 0.15) is 72.1 Å². The van der Waals surface area contributed by atoms with E-state index in [0.29, 0.717) is 12.0 Å². The Bertz CT molecular complexity index is 944. The number of rotatable bonds is 12.